The number of hydrogen-bond acceptors (Lipinski definition) is 10. The smallest absolute Gasteiger partial charge is 0.404 e. The number of carbonyl (C=O) groups excluding carboxylic acids is 1. The molecule has 170 valence electrons. The lowest BCUT2D eigenvalue weighted by Crippen LogP contribution is -2.65. The molecule has 4 atom stereocenters. The topological polar surface area (TPSA) is 163 Å². The number of aliphatic hydroxyl groups is 1. The maximum absolute atomic E-state index is 12.0. The van der Waals surface area contributed by atoms with E-state index >= 15 is 0 Å². The Kier molecular flexibility index (Phi) is 6.23. The number of rotatable bonds is 5. The summed E-state index contributed by atoms with van der Waals surface area (Å²) in [6, 6.07) is 2.94. The molecule has 31 heavy (non-hydrogen) atoms. The third kappa shape index (κ3) is 4.09. The Morgan fingerprint density at radius 1 is 1.35 bits per heavy atom. The maximum atomic E-state index is 12.0. The lowest BCUT2D eigenvalue weighted by atomic mass is 9.89. The molecule has 2 unspecified atom stereocenters. The number of methoxy groups -OCH3 is 1. The van der Waals surface area contributed by atoms with Gasteiger partial charge in [-0.3, -0.25) is 4.84 Å². The highest BCUT2D eigenvalue weighted by atomic mass is 35.5. The number of carbonyl (C=O) groups is 1. The first-order valence-corrected chi connectivity index (χ1v) is 9.57. The number of aromatic hydroxyl groups is 1. The highest BCUT2D eigenvalue weighted by Gasteiger charge is 2.53. The molecule has 1 aromatic carbocycles. The SMILES string of the molecule is COC1C(OC(N)=O)[C@H](O)[C@H](Oc2ccc3c(O)c(NCl)c(=O)oc3c2C)OC1(C)C. The van der Waals surface area contributed by atoms with Crippen LogP contribution in [0.15, 0.2) is 21.3 Å². The fraction of sp³-hybridized carbons (Fsp3) is 0.474. The number of primary amides is 1. The second-order valence-electron chi connectivity index (χ2n) is 7.53. The van der Waals surface area contributed by atoms with Crippen molar-refractivity contribution in [2.45, 2.75) is 51.0 Å². The van der Waals surface area contributed by atoms with Crippen LogP contribution in [0.4, 0.5) is 10.5 Å². The Morgan fingerprint density at radius 3 is 2.61 bits per heavy atom. The molecule has 0 aliphatic carbocycles. The lowest BCUT2D eigenvalue weighted by Gasteiger charge is -2.47. The normalized spacial score (nSPS) is 25.2. The molecule has 3 rings (SSSR count). The van der Waals surface area contributed by atoms with Gasteiger partial charge in [0.05, 0.1) is 11.0 Å². The van der Waals surface area contributed by atoms with Gasteiger partial charge in [-0.2, -0.15) is 0 Å². The Bertz CT molecular complexity index is 1050. The van der Waals surface area contributed by atoms with E-state index in [1.54, 1.807) is 20.8 Å². The van der Waals surface area contributed by atoms with E-state index in [4.69, 9.17) is 40.9 Å². The summed E-state index contributed by atoms with van der Waals surface area (Å²) < 4.78 is 27.4. The Hall–Kier alpha value is -2.73. The minimum atomic E-state index is -1.45. The quantitative estimate of drug-likeness (QED) is 0.383. The number of fused-ring (bicyclic) bond motifs is 1. The van der Waals surface area contributed by atoms with Crippen molar-refractivity contribution in [3.63, 3.8) is 0 Å². The van der Waals surface area contributed by atoms with E-state index in [0.717, 1.165) is 0 Å². The van der Waals surface area contributed by atoms with Gasteiger partial charge >= 0.3 is 11.7 Å². The van der Waals surface area contributed by atoms with Crippen LogP contribution in [0.25, 0.3) is 11.0 Å². The average molecular weight is 459 g/mol. The van der Waals surface area contributed by atoms with E-state index in [0.29, 0.717) is 5.56 Å². The van der Waals surface area contributed by atoms with Crippen LogP contribution in [-0.4, -0.2) is 53.6 Å². The number of anilines is 1. The zero-order valence-electron chi connectivity index (χ0n) is 17.2. The van der Waals surface area contributed by atoms with E-state index in [-0.39, 0.29) is 28.2 Å². The van der Waals surface area contributed by atoms with Crippen molar-refractivity contribution in [3.05, 3.63) is 28.1 Å². The summed E-state index contributed by atoms with van der Waals surface area (Å²) >= 11 is 5.46. The first-order chi connectivity index (χ1) is 14.5. The van der Waals surface area contributed by atoms with Crippen molar-refractivity contribution >= 4 is 34.5 Å². The lowest BCUT2D eigenvalue weighted by molar-refractivity contribution is -0.304. The second-order valence-corrected chi connectivity index (χ2v) is 7.72. The summed E-state index contributed by atoms with van der Waals surface area (Å²) in [6.07, 6.45) is -5.83. The molecule has 1 aliphatic rings. The Balaban J connectivity index is 2.00. The molecule has 1 fully saturated rings. The monoisotopic (exact) mass is 458 g/mol. The number of amides is 1. The van der Waals surface area contributed by atoms with Crippen LogP contribution in [-0.2, 0) is 14.2 Å². The first-order valence-electron chi connectivity index (χ1n) is 9.19. The molecule has 12 heteroatoms. The largest absolute Gasteiger partial charge is 0.505 e. The highest BCUT2D eigenvalue weighted by Crippen LogP contribution is 2.38. The molecule has 1 aliphatic heterocycles. The second kappa shape index (κ2) is 8.42. The van der Waals surface area contributed by atoms with Crippen molar-refractivity contribution < 1.29 is 38.4 Å². The summed E-state index contributed by atoms with van der Waals surface area (Å²) in [6.45, 7) is 4.93. The molecule has 0 bridgehead atoms. The number of benzene rings is 1. The number of hydrogen-bond donors (Lipinski definition) is 4. The van der Waals surface area contributed by atoms with Gasteiger partial charge in [-0.25, -0.2) is 9.59 Å². The molecule has 0 spiro atoms. The van der Waals surface area contributed by atoms with Gasteiger partial charge in [0.15, 0.2) is 23.6 Å². The standard InChI is InChI=1S/C19H23ClN2O9/c1-7-9(6-5-8-11(23)10(22-20)16(25)29-13(7)8)28-17-12(24)14(30-18(21)26)15(27-4)19(2,3)31-17/h5-6,12,14-15,17,22-24H,1-4H3,(H2,21,26)/t12-,14?,15?,17+/m0/s1. The predicted octanol–water partition coefficient (Wildman–Crippen LogP) is 1.73. The van der Waals surface area contributed by atoms with Crippen LogP contribution in [0.5, 0.6) is 11.5 Å². The summed E-state index contributed by atoms with van der Waals surface area (Å²) in [5.41, 5.74) is 3.33. The first kappa shape index (κ1) is 22.9. The zero-order valence-corrected chi connectivity index (χ0v) is 17.9. The van der Waals surface area contributed by atoms with Crippen molar-refractivity contribution in [2.75, 3.05) is 11.9 Å². The molecular formula is C19H23ClN2O9. The Labute approximate surface area is 181 Å². The molecule has 1 aromatic heterocycles. The highest BCUT2D eigenvalue weighted by molar-refractivity contribution is 6.24. The van der Waals surface area contributed by atoms with Gasteiger partial charge in [0, 0.05) is 24.4 Å². The van der Waals surface area contributed by atoms with Gasteiger partial charge < -0.3 is 39.3 Å². The molecular weight excluding hydrogens is 436 g/mol. The van der Waals surface area contributed by atoms with Gasteiger partial charge in [0.2, 0.25) is 6.29 Å². The summed E-state index contributed by atoms with van der Waals surface area (Å²) in [5, 5.41) is 21.2. The van der Waals surface area contributed by atoms with Crippen LogP contribution in [0.2, 0.25) is 0 Å². The minimum absolute atomic E-state index is 0.0555. The zero-order chi connectivity index (χ0) is 23.1. The third-order valence-corrected chi connectivity index (χ3v) is 5.30. The summed E-state index contributed by atoms with van der Waals surface area (Å²) in [7, 11) is 1.38. The van der Waals surface area contributed by atoms with Crippen LogP contribution >= 0.6 is 11.8 Å². The van der Waals surface area contributed by atoms with Crippen molar-refractivity contribution in [1.82, 2.24) is 0 Å². The van der Waals surface area contributed by atoms with E-state index in [1.807, 2.05) is 0 Å². The fourth-order valence-electron chi connectivity index (χ4n) is 3.65. The molecule has 11 nitrogen and oxygen atoms in total. The molecule has 2 aromatic rings. The molecule has 1 saturated heterocycles. The van der Waals surface area contributed by atoms with Crippen LogP contribution in [0.3, 0.4) is 0 Å². The minimum Gasteiger partial charge on any atom is -0.505 e. The van der Waals surface area contributed by atoms with Gasteiger partial charge in [0.25, 0.3) is 0 Å². The number of halogens is 1. The van der Waals surface area contributed by atoms with Crippen molar-refractivity contribution in [1.29, 1.82) is 0 Å². The predicted molar refractivity (Wildman–Crippen MR) is 109 cm³/mol. The fourth-order valence-corrected chi connectivity index (χ4v) is 3.81. The van der Waals surface area contributed by atoms with Crippen molar-refractivity contribution in [3.8, 4) is 11.5 Å². The van der Waals surface area contributed by atoms with Crippen LogP contribution in [0, 0.1) is 6.92 Å². The number of ether oxygens (including phenoxy) is 4. The molecule has 0 radical (unpaired) electrons. The summed E-state index contributed by atoms with van der Waals surface area (Å²) in [4.78, 5) is 25.4. The maximum Gasteiger partial charge on any atom is 0.404 e. The van der Waals surface area contributed by atoms with Crippen LogP contribution in [0.1, 0.15) is 19.4 Å². The van der Waals surface area contributed by atoms with Crippen LogP contribution < -0.4 is 20.9 Å². The summed E-state index contributed by atoms with van der Waals surface area (Å²) in [5.74, 6) is -0.195. The third-order valence-electron chi connectivity index (χ3n) is 5.11. The van der Waals surface area contributed by atoms with E-state index in [9.17, 15) is 19.8 Å². The number of nitrogens with one attached hydrogen (secondary N) is 1. The van der Waals surface area contributed by atoms with Gasteiger partial charge in [-0.05, 0) is 32.9 Å². The van der Waals surface area contributed by atoms with Gasteiger partial charge in [0.1, 0.15) is 17.4 Å². The molecule has 0 saturated carbocycles. The molecule has 2 heterocycles. The van der Waals surface area contributed by atoms with Gasteiger partial charge in [-0.15, -0.1) is 0 Å². The van der Waals surface area contributed by atoms with Gasteiger partial charge in [-0.1, -0.05) is 0 Å². The molecule has 1 amide bonds. The average Bonchev–Trinajstić information content (AvgIpc) is 2.68. The number of nitrogens with two attached hydrogens (primary N) is 1. The van der Waals surface area contributed by atoms with E-state index in [1.165, 1.54) is 19.2 Å². The van der Waals surface area contributed by atoms with E-state index in [2.05, 4.69) is 4.84 Å². The number of aryl methyl sites for hydroxylation is 1. The van der Waals surface area contributed by atoms with Crippen molar-refractivity contribution in [2.24, 2.45) is 5.73 Å². The number of aliphatic hydroxyl groups excluding tert-OH is 1. The molecule has 5 N–H and O–H groups in total. The van der Waals surface area contributed by atoms with E-state index < -0.39 is 41.9 Å². The Morgan fingerprint density at radius 2 is 2.03 bits per heavy atom.